The lowest BCUT2D eigenvalue weighted by Gasteiger charge is -2.14. The Kier molecular flexibility index (Phi) is 6.68. The molecule has 12 aromatic rings. The van der Waals surface area contributed by atoms with Gasteiger partial charge in [-0.2, -0.15) is 0 Å². The van der Waals surface area contributed by atoms with Crippen LogP contribution in [-0.4, -0.2) is 15.0 Å². The lowest BCUT2D eigenvalue weighted by molar-refractivity contribution is 1.07. The molecule has 0 spiro atoms. The van der Waals surface area contributed by atoms with Crippen molar-refractivity contribution in [3.63, 3.8) is 0 Å². The molecule has 0 aliphatic rings. The highest BCUT2D eigenvalue weighted by Gasteiger charge is 2.17. The normalized spacial score (nSPS) is 13.8. The van der Waals surface area contributed by atoms with E-state index in [0.717, 1.165) is 44.5 Å². The number of thiophene rings is 2. The second-order valence-electron chi connectivity index (χ2n) is 14.8. The van der Waals surface area contributed by atoms with Crippen molar-refractivity contribution in [1.82, 2.24) is 15.0 Å². The lowest BCUT2D eigenvalue weighted by atomic mass is 9.92. The molecule has 0 saturated carbocycles. The summed E-state index contributed by atoms with van der Waals surface area (Å²) in [5.41, 5.74) is 7.22. The fraction of sp³-hybridized carbons (Fsp3) is 0. The molecule has 0 saturated heterocycles. The highest BCUT2D eigenvalue weighted by molar-refractivity contribution is 7.26. The molecule has 0 amide bonds. The molecular weight excluding hydrogens is 791 g/mol. The van der Waals surface area contributed by atoms with Gasteiger partial charge in [0.15, 0.2) is 17.5 Å². The Labute approximate surface area is 381 Å². The van der Waals surface area contributed by atoms with Crippen LogP contribution in [0.5, 0.6) is 0 Å². The van der Waals surface area contributed by atoms with Gasteiger partial charge in [0.1, 0.15) is 0 Å². The van der Waals surface area contributed by atoms with E-state index in [9.17, 15) is 0 Å². The van der Waals surface area contributed by atoms with E-state index in [1.165, 1.54) is 40.3 Å². The third kappa shape index (κ3) is 6.47. The minimum atomic E-state index is -0.612. The Balaban J connectivity index is 1.10. The number of hydrogen-bond donors (Lipinski definition) is 0. The zero-order valence-electron chi connectivity index (χ0n) is 42.6. The minimum Gasteiger partial charge on any atom is -0.208 e. The maximum absolute atomic E-state index is 8.91. The number of aromatic nitrogens is 3. The van der Waals surface area contributed by atoms with Crippen LogP contribution in [-0.2, 0) is 0 Å². The lowest BCUT2D eigenvalue weighted by Crippen LogP contribution is -2.00. The minimum absolute atomic E-state index is 0.0193. The predicted octanol–water partition coefficient (Wildman–Crippen LogP) is 16.3. The molecule has 0 aliphatic carbocycles. The smallest absolute Gasteiger partial charge is 0.164 e. The van der Waals surface area contributed by atoms with Crippen LogP contribution in [0.3, 0.4) is 0 Å². The van der Waals surface area contributed by atoms with Crippen molar-refractivity contribution in [2.24, 2.45) is 0 Å². The van der Waals surface area contributed by atoms with Crippen LogP contribution >= 0.6 is 22.7 Å². The monoisotopic (exact) mass is 835 g/mol. The fourth-order valence-corrected chi connectivity index (χ4v) is 10.7. The SMILES string of the molecule is [2H]c1c([2H])c([2H])c(-c2nc(-c3cc(-c4cccc(-c5cccc6c5sc5ccccc56)c4)cc(-c4cccc(-c5cccc6c5sc5ccccc56)c4)c3)nc(-c3c([2H])c([2H])c([2H])c([2H])c3[2H])n2)c([2H])c1[2H]. The summed E-state index contributed by atoms with van der Waals surface area (Å²) < 4.78 is 91.0. The van der Waals surface area contributed by atoms with Crippen LogP contribution in [0.4, 0.5) is 0 Å². The molecule has 0 aliphatic heterocycles. The summed E-state index contributed by atoms with van der Waals surface area (Å²) in [6.45, 7) is 0. The second kappa shape index (κ2) is 15.2. The topological polar surface area (TPSA) is 38.7 Å². The molecule has 62 heavy (non-hydrogen) atoms. The molecule has 0 N–H and O–H groups in total. The average Bonchev–Trinajstić information content (AvgIpc) is 4.00. The summed E-state index contributed by atoms with van der Waals surface area (Å²) in [5, 5.41) is 4.74. The van der Waals surface area contributed by atoms with Crippen LogP contribution in [0.15, 0.2) is 212 Å². The number of benzene rings is 9. The van der Waals surface area contributed by atoms with Crippen LogP contribution < -0.4 is 0 Å². The summed E-state index contributed by atoms with van der Waals surface area (Å²) in [6, 6.07) is 46.0. The Morgan fingerprint density at radius 2 is 0.677 bits per heavy atom. The first-order valence-corrected chi connectivity index (χ1v) is 21.6. The Morgan fingerprint density at radius 1 is 0.306 bits per heavy atom. The molecule has 0 radical (unpaired) electrons. The summed E-state index contributed by atoms with van der Waals surface area (Å²) in [5.74, 6) is -0.681. The molecule has 290 valence electrons. The van der Waals surface area contributed by atoms with Gasteiger partial charge in [-0.3, -0.25) is 0 Å². The Bertz CT molecular complexity index is 3940. The first-order chi connectivity index (χ1) is 34.8. The molecule has 3 nitrogen and oxygen atoms in total. The average molecular weight is 836 g/mol. The largest absolute Gasteiger partial charge is 0.208 e. The van der Waals surface area contributed by atoms with Crippen molar-refractivity contribution in [3.05, 3.63) is 212 Å². The summed E-state index contributed by atoms with van der Waals surface area (Å²) in [7, 11) is 0. The summed E-state index contributed by atoms with van der Waals surface area (Å²) in [6.07, 6.45) is 0. The Morgan fingerprint density at radius 3 is 1.16 bits per heavy atom. The van der Waals surface area contributed by atoms with Gasteiger partial charge in [0.2, 0.25) is 0 Å². The number of fused-ring (bicyclic) bond motifs is 6. The second-order valence-corrected chi connectivity index (χ2v) is 16.9. The van der Waals surface area contributed by atoms with E-state index in [4.69, 9.17) is 23.7 Å². The fourth-order valence-electron chi connectivity index (χ4n) is 8.22. The number of hydrogen-bond acceptors (Lipinski definition) is 5. The van der Waals surface area contributed by atoms with E-state index < -0.39 is 60.4 Å². The van der Waals surface area contributed by atoms with Gasteiger partial charge in [-0.15, -0.1) is 22.7 Å². The molecule has 0 fully saturated rings. The van der Waals surface area contributed by atoms with Gasteiger partial charge in [-0.1, -0.05) is 170 Å². The zero-order chi connectivity index (χ0) is 49.7. The predicted molar refractivity (Wildman–Crippen MR) is 264 cm³/mol. The van der Waals surface area contributed by atoms with E-state index in [1.54, 1.807) is 22.7 Å². The van der Waals surface area contributed by atoms with Crippen molar-refractivity contribution in [3.8, 4) is 78.7 Å². The maximum atomic E-state index is 8.91. The molecule has 12 rings (SSSR count). The first-order valence-electron chi connectivity index (χ1n) is 24.9. The van der Waals surface area contributed by atoms with E-state index in [-0.39, 0.29) is 28.6 Å². The van der Waals surface area contributed by atoms with Crippen LogP contribution in [0.1, 0.15) is 13.7 Å². The molecule has 9 aromatic carbocycles. The molecule has 0 bridgehead atoms. The van der Waals surface area contributed by atoms with Crippen molar-refractivity contribution in [2.75, 3.05) is 0 Å². The molecule has 3 aromatic heterocycles. The molecule has 5 heteroatoms. The van der Waals surface area contributed by atoms with Crippen molar-refractivity contribution in [1.29, 1.82) is 0 Å². The first kappa shape index (κ1) is 27.3. The zero-order valence-corrected chi connectivity index (χ0v) is 34.2. The summed E-state index contributed by atoms with van der Waals surface area (Å²) in [4.78, 5) is 14.2. The van der Waals surface area contributed by atoms with Crippen molar-refractivity contribution < 1.29 is 13.7 Å². The van der Waals surface area contributed by atoms with Gasteiger partial charge in [0.25, 0.3) is 0 Å². The highest BCUT2D eigenvalue weighted by atomic mass is 32.1. The van der Waals surface area contributed by atoms with Crippen LogP contribution in [0.2, 0.25) is 0 Å². The molecule has 0 unspecified atom stereocenters. The van der Waals surface area contributed by atoms with Crippen molar-refractivity contribution >= 4 is 63.0 Å². The van der Waals surface area contributed by atoms with Gasteiger partial charge in [-0.25, -0.2) is 15.0 Å². The molecular formula is C57H35N3S2. The van der Waals surface area contributed by atoms with Crippen molar-refractivity contribution in [2.45, 2.75) is 0 Å². The maximum Gasteiger partial charge on any atom is 0.164 e. The van der Waals surface area contributed by atoms with Gasteiger partial charge in [-0.05, 0) is 87.0 Å². The quantitative estimate of drug-likeness (QED) is 0.161. The van der Waals surface area contributed by atoms with Crippen LogP contribution in [0.25, 0.3) is 119 Å². The number of rotatable bonds is 7. The molecule has 3 heterocycles. The van der Waals surface area contributed by atoms with Gasteiger partial charge < -0.3 is 0 Å². The van der Waals surface area contributed by atoms with E-state index in [1.807, 2.05) is 36.4 Å². The number of nitrogens with zero attached hydrogens (tertiary/aromatic N) is 3. The third-order valence-corrected chi connectivity index (χ3v) is 13.5. The van der Waals surface area contributed by atoms with Gasteiger partial charge in [0, 0.05) is 57.0 Å². The van der Waals surface area contributed by atoms with E-state index >= 15 is 0 Å². The Hall–Kier alpha value is -7.57. The van der Waals surface area contributed by atoms with Gasteiger partial charge in [0.05, 0.1) is 13.7 Å². The molecule has 0 atom stereocenters. The van der Waals surface area contributed by atoms with Crippen LogP contribution in [0, 0.1) is 0 Å². The highest BCUT2D eigenvalue weighted by Crippen LogP contribution is 2.43. The van der Waals surface area contributed by atoms with E-state index in [2.05, 4.69) is 120 Å². The summed E-state index contributed by atoms with van der Waals surface area (Å²) >= 11 is 3.50. The standard InChI is InChI=1S/C57H35N3S2/c1-3-15-36(16-4-1)55-58-56(37-17-5-2-6-18-37)60-57(59-55)44-34-42(38-19-11-21-40(31-38)45-25-13-27-49-47-23-7-9-29-51(47)61-53(45)49)33-43(35-44)39-20-12-22-41(32-39)46-26-14-28-50-48-24-8-10-30-52(48)62-54(46)50/h1-35H/i1D,2D,3D,4D,5D,6D,15D,16D,17D,18D. The third-order valence-electron chi connectivity index (χ3n) is 11.1. The van der Waals surface area contributed by atoms with E-state index in [0.29, 0.717) is 5.56 Å². The van der Waals surface area contributed by atoms with Gasteiger partial charge >= 0.3 is 0 Å².